The van der Waals surface area contributed by atoms with Gasteiger partial charge in [0.1, 0.15) is 36.6 Å². The molecule has 2 saturated heterocycles. The maximum absolute atomic E-state index is 14.0. The zero-order valence-electron chi connectivity index (χ0n) is 39.9. The van der Waals surface area contributed by atoms with E-state index in [0.717, 1.165) is 32.9 Å². The van der Waals surface area contributed by atoms with Crippen LogP contribution >= 0.6 is 23.6 Å². The number of likely N-dealkylation sites (tertiary alicyclic amines) is 1. The van der Waals surface area contributed by atoms with E-state index < -0.39 is 41.0 Å². The molecule has 0 aliphatic carbocycles. The summed E-state index contributed by atoms with van der Waals surface area (Å²) in [6.07, 6.45) is -0.806. The van der Waals surface area contributed by atoms with Gasteiger partial charge in [0.25, 0.3) is 5.91 Å². The van der Waals surface area contributed by atoms with E-state index in [4.69, 9.17) is 37.7 Å². The summed E-state index contributed by atoms with van der Waals surface area (Å²) < 4.78 is 22.6. The summed E-state index contributed by atoms with van der Waals surface area (Å²) >= 11 is 7.37. The molecule has 68 heavy (non-hydrogen) atoms. The van der Waals surface area contributed by atoms with Crippen LogP contribution in [0.4, 0.5) is 17.1 Å². The first-order valence-corrected chi connectivity index (χ1v) is 23.8. The van der Waals surface area contributed by atoms with Gasteiger partial charge >= 0.3 is 0 Å². The molecule has 1 aromatic heterocycles. The van der Waals surface area contributed by atoms with Gasteiger partial charge in [0.2, 0.25) is 17.7 Å². The van der Waals surface area contributed by atoms with Crippen molar-refractivity contribution in [2.24, 2.45) is 5.41 Å². The van der Waals surface area contributed by atoms with Gasteiger partial charge < -0.3 is 44.5 Å². The van der Waals surface area contributed by atoms with Crippen LogP contribution in [0.25, 0.3) is 15.3 Å². The summed E-state index contributed by atoms with van der Waals surface area (Å²) in [6.45, 7) is 23.4. The van der Waals surface area contributed by atoms with Crippen molar-refractivity contribution >= 4 is 69.4 Å². The second-order valence-corrected chi connectivity index (χ2v) is 19.6. The first-order chi connectivity index (χ1) is 32.3. The Kier molecular flexibility index (Phi) is 17.1. The number of nitrogens with one attached hydrogen (secondary N) is 2. The molecule has 3 heterocycles. The molecule has 2 aliphatic heterocycles. The van der Waals surface area contributed by atoms with Crippen LogP contribution in [-0.4, -0.2) is 120 Å². The highest BCUT2D eigenvalue weighted by Gasteiger charge is 2.50. The van der Waals surface area contributed by atoms with Crippen LogP contribution in [0, 0.1) is 25.8 Å². The van der Waals surface area contributed by atoms with Crippen LogP contribution in [0.3, 0.4) is 0 Å². The Labute approximate surface area is 407 Å². The second kappa shape index (κ2) is 22.5. The van der Waals surface area contributed by atoms with Gasteiger partial charge in [0.15, 0.2) is 10.8 Å². The highest BCUT2D eigenvalue weighted by Crippen LogP contribution is 2.38. The normalized spacial score (nSPS) is 17.8. The average Bonchev–Trinajstić information content (AvgIpc) is 3.96. The molecule has 0 spiro atoms. The molecule has 4 aromatic rings. The first kappa shape index (κ1) is 51.6. The zero-order chi connectivity index (χ0) is 49.3. The van der Waals surface area contributed by atoms with Gasteiger partial charge in [-0.2, -0.15) is 0 Å². The Morgan fingerprint density at radius 3 is 2.18 bits per heavy atom. The zero-order valence-corrected chi connectivity index (χ0v) is 41.5. The summed E-state index contributed by atoms with van der Waals surface area (Å²) in [4.78, 5) is 67.8. The molecule has 16 nitrogen and oxygen atoms in total. The highest BCUT2D eigenvalue weighted by molar-refractivity contribution is 7.81. The van der Waals surface area contributed by atoms with E-state index in [1.807, 2.05) is 114 Å². The monoisotopic (exact) mass is 967 g/mol. The van der Waals surface area contributed by atoms with Crippen LogP contribution in [0.15, 0.2) is 72.2 Å². The Morgan fingerprint density at radius 1 is 0.941 bits per heavy atom. The van der Waals surface area contributed by atoms with Crippen LogP contribution in [0.1, 0.15) is 70.8 Å². The molecule has 3 N–H and O–H groups in total. The molecule has 4 atom stereocenters. The number of aliphatic hydroxyl groups is 1. The number of hydrogen-bond donors (Lipinski definition) is 3. The first-order valence-electron chi connectivity index (χ1n) is 22.5. The topological polar surface area (TPSA) is 176 Å². The highest BCUT2D eigenvalue weighted by atomic mass is 32.1. The summed E-state index contributed by atoms with van der Waals surface area (Å²) in [7, 11) is 0. The number of aliphatic hydroxyl groups excluding tert-OH is 1. The third-order valence-electron chi connectivity index (χ3n) is 11.9. The number of hydrogen-bond acceptors (Lipinski definition) is 12. The van der Waals surface area contributed by atoms with E-state index in [2.05, 4.69) is 20.5 Å². The number of nitrogens with zero attached hydrogens (tertiary/aromatic N) is 5. The maximum Gasteiger partial charge on any atom is 0.259 e. The van der Waals surface area contributed by atoms with Crippen molar-refractivity contribution in [2.45, 2.75) is 91.6 Å². The fourth-order valence-electron chi connectivity index (χ4n) is 8.09. The molecule has 4 amide bonds. The lowest BCUT2D eigenvalue weighted by atomic mass is 9.85. The summed E-state index contributed by atoms with van der Waals surface area (Å²) in [5, 5.41) is 16.8. The number of rotatable bonds is 20. The summed E-state index contributed by atoms with van der Waals surface area (Å²) in [6, 6.07) is 18.2. The van der Waals surface area contributed by atoms with Crippen molar-refractivity contribution in [1.82, 2.24) is 20.5 Å². The lowest BCUT2D eigenvalue weighted by Gasteiger charge is -2.35. The molecule has 362 valence electrons. The molecule has 6 rings (SSSR count). The van der Waals surface area contributed by atoms with Crippen LogP contribution < -0.4 is 25.2 Å². The van der Waals surface area contributed by atoms with E-state index in [-0.39, 0.29) is 50.6 Å². The maximum atomic E-state index is 14.0. The Hall–Kier alpha value is -5.81. The minimum atomic E-state index is -0.983. The van der Waals surface area contributed by atoms with Crippen molar-refractivity contribution in [3.63, 3.8) is 0 Å². The molecule has 3 aromatic carbocycles. The fraction of sp³-hybridized carbons (Fsp3) is 0.460. The van der Waals surface area contributed by atoms with Gasteiger partial charge in [0.05, 0.1) is 67.8 Å². The number of thiocarbonyl (C=S) groups is 1. The second-order valence-electron chi connectivity index (χ2n) is 18.4. The van der Waals surface area contributed by atoms with Gasteiger partial charge in [-0.1, -0.05) is 51.1 Å². The fourth-order valence-corrected chi connectivity index (χ4v) is 9.43. The summed E-state index contributed by atoms with van der Waals surface area (Å²) in [5.74, 6) is -0.879. The largest absolute Gasteiger partial charge is 0.491 e. The Morgan fingerprint density at radius 2 is 1.57 bits per heavy atom. The number of benzene rings is 3. The van der Waals surface area contributed by atoms with Gasteiger partial charge in [-0.05, 0) is 105 Å². The average molecular weight is 968 g/mol. The molecule has 2 fully saturated rings. The van der Waals surface area contributed by atoms with Gasteiger partial charge in [-0.15, -0.1) is 11.3 Å². The van der Waals surface area contributed by atoms with Gasteiger partial charge in [-0.25, -0.2) is 9.83 Å². The number of anilines is 2. The number of β-amino-alcohol motifs (C(OH)–C–C–N with tert-alkyl or cyclic N) is 1. The third-order valence-corrected chi connectivity index (χ3v) is 13.2. The van der Waals surface area contributed by atoms with Crippen LogP contribution in [0.2, 0.25) is 0 Å². The lowest BCUT2D eigenvalue weighted by Crippen LogP contribution is -2.58. The molecular formula is C50H61N7O9S2. The van der Waals surface area contributed by atoms with Gasteiger partial charge in [0, 0.05) is 24.3 Å². The molecule has 0 radical (unpaired) electrons. The van der Waals surface area contributed by atoms with Crippen molar-refractivity contribution < 1.29 is 43.2 Å². The van der Waals surface area contributed by atoms with Crippen molar-refractivity contribution in [2.75, 3.05) is 62.6 Å². The standard InChI is InChI=1S/C50H61N7O9S2/c1-31-26-37(16-19-40(31)51-9)56-47(62)50(7,8)57(48(56)67)36-14-17-39(18-15-36)66-25-24-64-21-20-63-22-23-65-29-42(59)54-44(49(4,5)6)46(61)55-28-38(58)27-41(55)45(60)53-32(2)34-10-12-35(13-11-34)43-33(3)52-30-68-43/h10-19,26,30,32,38,41,44,58H,20-25,27-29H2,1-8H3,(H,53,60)(H,54,59)/t32-,38+,41-,44+/m0/s1. The van der Waals surface area contributed by atoms with Crippen molar-refractivity contribution in [1.29, 1.82) is 0 Å². The van der Waals surface area contributed by atoms with E-state index in [1.165, 1.54) is 9.80 Å². The minimum Gasteiger partial charge on any atom is -0.491 e. The SMILES string of the molecule is [C-]#[N+]c1ccc(N2C(=O)C(C)(C)N(c3ccc(OCCOCCOCCOCC(=O)N[C@H](C(=O)N4C[C@H](O)C[C@H]4C(=O)N[C@@H](C)c4ccc(-c5scnc5C)cc4)C(C)(C)C)cc3)C2=S)cc1C. The predicted octanol–water partition coefficient (Wildman–Crippen LogP) is 6.69. The van der Waals surface area contributed by atoms with Crippen molar-refractivity contribution in [3.05, 3.63) is 100 Å². The molecule has 2 aliphatic rings. The van der Waals surface area contributed by atoms with Crippen molar-refractivity contribution in [3.8, 4) is 16.2 Å². The van der Waals surface area contributed by atoms with Gasteiger partial charge in [-0.3, -0.25) is 24.1 Å². The van der Waals surface area contributed by atoms with E-state index in [0.29, 0.717) is 48.7 Å². The van der Waals surface area contributed by atoms with E-state index in [1.54, 1.807) is 29.5 Å². The predicted molar refractivity (Wildman–Crippen MR) is 265 cm³/mol. The van der Waals surface area contributed by atoms with Crippen LogP contribution in [-0.2, 0) is 33.4 Å². The molecular weight excluding hydrogens is 907 g/mol. The lowest BCUT2D eigenvalue weighted by molar-refractivity contribution is -0.144. The smallest absolute Gasteiger partial charge is 0.259 e. The van der Waals surface area contributed by atoms with E-state index in [9.17, 15) is 24.3 Å². The third kappa shape index (κ3) is 12.3. The number of aromatic nitrogens is 1. The number of aryl methyl sites for hydroxylation is 2. The molecule has 0 bridgehead atoms. The molecule has 0 unspecified atom stereocenters. The molecule has 0 saturated carbocycles. The molecule has 18 heteroatoms. The number of carbonyl (C=O) groups excluding carboxylic acids is 4. The van der Waals surface area contributed by atoms with E-state index >= 15 is 0 Å². The number of amides is 4. The van der Waals surface area contributed by atoms with Crippen LogP contribution in [0.5, 0.6) is 5.75 Å². The Bertz CT molecular complexity index is 2480. The summed E-state index contributed by atoms with van der Waals surface area (Å²) in [5.41, 5.74) is 5.69. The minimum absolute atomic E-state index is 0.0305. The number of carbonyl (C=O) groups is 4. The number of thiazole rings is 1. The Balaban J connectivity index is 0.866. The quantitative estimate of drug-likeness (QED) is 0.0487. The number of ether oxygens (including phenoxy) is 4.